The van der Waals surface area contributed by atoms with Gasteiger partial charge < -0.3 is 4.57 Å². The summed E-state index contributed by atoms with van der Waals surface area (Å²) in [6.07, 6.45) is 5.70. The van der Waals surface area contributed by atoms with E-state index in [1.807, 2.05) is 49.4 Å². The fraction of sp³-hybridized carbons (Fsp3) is 0.300. The molecule has 0 atom stereocenters. The minimum absolute atomic E-state index is 0.333. The van der Waals surface area contributed by atoms with E-state index in [4.69, 9.17) is 0 Å². The lowest BCUT2D eigenvalue weighted by molar-refractivity contribution is 0.647. The van der Waals surface area contributed by atoms with Crippen LogP contribution in [0.1, 0.15) is 32.3 Å². The maximum absolute atomic E-state index is 12.3. The maximum atomic E-state index is 12.3. The molecule has 28 heavy (non-hydrogen) atoms. The highest BCUT2D eigenvalue weighted by Gasteiger charge is 2.16. The molecule has 2 N–H and O–H groups in total. The number of hydrazone groups is 1. The molecule has 2 aromatic heterocycles. The highest BCUT2D eigenvalue weighted by molar-refractivity contribution is 5.96. The van der Waals surface area contributed by atoms with Crippen LogP contribution in [0, 0.1) is 0 Å². The van der Waals surface area contributed by atoms with Crippen LogP contribution in [0.5, 0.6) is 0 Å². The number of nitrogens with zero attached hydrogens (tertiary/aromatic N) is 4. The molecule has 3 aromatic rings. The van der Waals surface area contributed by atoms with Gasteiger partial charge in [-0.2, -0.15) is 10.1 Å². The minimum Gasteiger partial charge on any atom is -0.303 e. The fourth-order valence-electron chi connectivity index (χ4n) is 2.81. The molecule has 0 saturated heterocycles. The number of unbranched alkanes of at least 4 members (excludes halogenated alkanes) is 1. The topological polar surface area (TPSA) is 97.1 Å². The molecule has 0 bridgehead atoms. The third-order valence-electron chi connectivity index (χ3n) is 4.39. The summed E-state index contributed by atoms with van der Waals surface area (Å²) in [6.45, 7) is 4.54. The second-order valence-electron chi connectivity index (χ2n) is 6.54. The molecule has 2 heterocycles. The van der Waals surface area contributed by atoms with Crippen molar-refractivity contribution >= 4 is 28.9 Å². The van der Waals surface area contributed by atoms with Crippen LogP contribution in [-0.2, 0) is 13.6 Å². The third kappa shape index (κ3) is 4.11. The summed E-state index contributed by atoms with van der Waals surface area (Å²) in [4.78, 5) is 31.0. The highest BCUT2D eigenvalue weighted by Crippen LogP contribution is 2.16. The number of allylic oxidation sites excluding steroid dienone is 1. The molecule has 0 aliphatic rings. The van der Waals surface area contributed by atoms with Gasteiger partial charge in [0.15, 0.2) is 11.2 Å². The molecular formula is C20H24N6O2. The van der Waals surface area contributed by atoms with Crippen molar-refractivity contribution in [1.29, 1.82) is 0 Å². The van der Waals surface area contributed by atoms with Gasteiger partial charge in [0.05, 0.1) is 5.71 Å². The Morgan fingerprint density at radius 1 is 1.29 bits per heavy atom. The zero-order chi connectivity index (χ0) is 20.1. The number of imidazole rings is 1. The minimum atomic E-state index is -0.491. The summed E-state index contributed by atoms with van der Waals surface area (Å²) >= 11 is 0. The molecule has 146 valence electrons. The third-order valence-corrected chi connectivity index (χ3v) is 4.39. The molecule has 1 aromatic carbocycles. The number of hydrogen-bond donors (Lipinski definition) is 2. The Morgan fingerprint density at radius 2 is 2.04 bits per heavy atom. The quantitative estimate of drug-likeness (QED) is 0.486. The van der Waals surface area contributed by atoms with Crippen LogP contribution in [0.3, 0.4) is 0 Å². The number of aromatic amines is 1. The Bertz CT molecular complexity index is 1140. The van der Waals surface area contributed by atoms with E-state index in [9.17, 15) is 9.59 Å². The van der Waals surface area contributed by atoms with Crippen molar-refractivity contribution in [3.05, 3.63) is 62.8 Å². The number of fused-ring (bicyclic) bond motifs is 1. The molecule has 0 aliphatic heterocycles. The zero-order valence-corrected chi connectivity index (χ0v) is 16.3. The second kappa shape index (κ2) is 8.51. The number of aryl methyl sites for hydroxylation is 2. The van der Waals surface area contributed by atoms with E-state index in [2.05, 4.69) is 27.4 Å². The van der Waals surface area contributed by atoms with Gasteiger partial charge in [-0.25, -0.2) is 10.2 Å². The summed E-state index contributed by atoms with van der Waals surface area (Å²) in [5, 5.41) is 4.35. The number of nitrogens with one attached hydrogen (secondary N) is 2. The van der Waals surface area contributed by atoms with E-state index >= 15 is 0 Å². The van der Waals surface area contributed by atoms with Gasteiger partial charge in [0.1, 0.15) is 0 Å². The van der Waals surface area contributed by atoms with E-state index in [1.165, 1.54) is 4.57 Å². The van der Waals surface area contributed by atoms with Crippen molar-refractivity contribution in [2.24, 2.45) is 12.1 Å². The predicted octanol–water partition coefficient (Wildman–Crippen LogP) is 2.72. The predicted molar refractivity (Wildman–Crippen MR) is 113 cm³/mol. The lowest BCUT2D eigenvalue weighted by Gasteiger charge is -2.07. The Hall–Kier alpha value is -3.42. The summed E-state index contributed by atoms with van der Waals surface area (Å²) in [5.74, 6) is 0.433. The number of benzene rings is 1. The standard InChI is InChI=1S/C20H24N6O2/c1-4-5-13-26-16-17(25(3)20(28)22-18(16)27)21-19(26)24-23-14(2)11-12-15-9-7-6-8-10-15/h6-12H,4-5,13H2,1-3H3,(H,21,24)(H,22,27,28). The lowest BCUT2D eigenvalue weighted by atomic mass is 10.2. The van der Waals surface area contributed by atoms with Crippen LogP contribution >= 0.6 is 0 Å². The van der Waals surface area contributed by atoms with Gasteiger partial charge in [0.25, 0.3) is 5.56 Å². The zero-order valence-electron chi connectivity index (χ0n) is 16.3. The van der Waals surface area contributed by atoms with E-state index in [0.717, 1.165) is 24.1 Å². The normalized spacial score (nSPS) is 12.2. The monoisotopic (exact) mass is 380 g/mol. The van der Waals surface area contributed by atoms with Gasteiger partial charge >= 0.3 is 5.69 Å². The fourth-order valence-corrected chi connectivity index (χ4v) is 2.81. The van der Waals surface area contributed by atoms with Crippen molar-refractivity contribution in [2.45, 2.75) is 33.2 Å². The summed E-state index contributed by atoms with van der Waals surface area (Å²) < 4.78 is 3.10. The Kier molecular flexibility index (Phi) is 5.88. The Morgan fingerprint density at radius 3 is 2.75 bits per heavy atom. The molecule has 0 fully saturated rings. The first-order chi connectivity index (χ1) is 13.5. The largest absolute Gasteiger partial charge is 0.329 e. The van der Waals surface area contributed by atoms with Crippen molar-refractivity contribution in [3.8, 4) is 0 Å². The molecule has 0 spiro atoms. The first-order valence-electron chi connectivity index (χ1n) is 9.24. The second-order valence-corrected chi connectivity index (χ2v) is 6.54. The lowest BCUT2D eigenvalue weighted by Crippen LogP contribution is -2.29. The van der Waals surface area contributed by atoms with E-state index < -0.39 is 11.2 Å². The molecule has 0 radical (unpaired) electrons. The molecule has 0 aliphatic carbocycles. The molecule has 8 heteroatoms. The van der Waals surface area contributed by atoms with E-state index in [1.54, 1.807) is 11.6 Å². The average Bonchev–Trinajstić information content (AvgIpc) is 3.07. The van der Waals surface area contributed by atoms with Crippen LogP contribution < -0.4 is 16.7 Å². The maximum Gasteiger partial charge on any atom is 0.329 e. The van der Waals surface area contributed by atoms with Crippen molar-refractivity contribution in [2.75, 3.05) is 5.43 Å². The summed E-state index contributed by atoms with van der Waals surface area (Å²) in [7, 11) is 1.58. The highest BCUT2D eigenvalue weighted by atomic mass is 16.2. The summed E-state index contributed by atoms with van der Waals surface area (Å²) in [5.41, 5.74) is 4.53. The smallest absolute Gasteiger partial charge is 0.303 e. The number of H-pyrrole nitrogens is 1. The first kappa shape index (κ1) is 19.3. The van der Waals surface area contributed by atoms with Crippen molar-refractivity contribution in [1.82, 2.24) is 19.1 Å². The van der Waals surface area contributed by atoms with Gasteiger partial charge in [-0.15, -0.1) is 0 Å². The van der Waals surface area contributed by atoms with E-state index in [-0.39, 0.29) is 0 Å². The molecule has 0 saturated carbocycles. The van der Waals surface area contributed by atoms with Crippen molar-refractivity contribution < 1.29 is 0 Å². The first-order valence-corrected chi connectivity index (χ1v) is 9.24. The van der Waals surface area contributed by atoms with Crippen LogP contribution in [0.4, 0.5) is 5.95 Å². The van der Waals surface area contributed by atoms with Gasteiger partial charge in [-0.05, 0) is 25.0 Å². The van der Waals surface area contributed by atoms with Crippen LogP contribution in [0.15, 0.2) is 51.1 Å². The van der Waals surface area contributed by atoms with Gasteiger partial charge in [-0.1, -0.05) is 49.8 Å². The molecule has 3 rings (SSSR count). The van der Waals surface area contributed by atoms with Gasteiger partial charge in [0, 0.05) is 13.6 Å². The number of rotatable bonds is 7. The Balaban J connectivity index is 1.94. The van der Waals surface area contributed by atoms with Crippen LogP contribution in [0.2, 0.25) is 0 Å². The van der Waals surface area contributed by atoms with Crippen molar-refractivity contribution in [3.63, 3.8) is 0 Å². The number of aromatic nitrogens is 4. The summed E-state index contributed by atoms with van der Waals surface area (Å²) in [6, 6.07) is 9.93. The molecule has 8 nitrogen and oxygen atoms in total. The average molecular weight is 380 g/mol. The SMILES string of the molecule is CCCCn1c(NN=C(C)C=Cc2ccccc2)nc2c1c(=O)[nH]c(=O)n2C. The molecule has 0 amide bonds. The van der Waals surface area contributed by atoms with E-state index in [0.29, 0.717) is 23.7 Å². The molecule has 0 unspecified atom stereocenters. The number of hydrogen-bond acceptors (Lipinski definition) is 5. The van der Waals surface area contributed by atoms with Crippen LogP contribution in [0.25, 0.3) is 17.2 Å². The Labute approximate surface area is 162 Å². The molecular weight excluding hydrogens is 356 g/mol. The number of anilines is 1. The van der Waals surface area contributed by atoms with Crippen LogP contribution in [-0.4, -0.2) is 24.8 Å². The van der Waals surface area contributed by atoms with Gasteiger partial charge in [0.2, 0.25) is 5.95 Å². The van der Waals surface area contributed by atoms with Gasteiger partial charge in [-0.3, -0.25) is 14.3 Å².